The largest absolute Gasteiger partial charge is 0.439 e. The molecule has 0 amide bonds. The summed E-state index contributed by atoms with van der Waals surface area (Å²) in [5, 5.41) is 6.85. The van der Waals surface area contributed by atoms with Crippen LogP contribution >= 0.6 is 12.2 Å². The minimum Gasteiger partial charge on any atom is -0.439 e. The number of anilines is 1. The predicted molar refractivity (Wildman–Crippen MR) is 110 cm³/mol. The van der Waals surface area contributed by atoms with Crippen molar-refractivity contribution in [3.63, 3.8) is 0 Å². The number of aryl methyl sites for hydroxylation is 2. The SMILES string of the molecule is Cc1ccc(NC(=S)NCc2cccnc2Oc2cccc(F)c2)c(C)c1. The molecule has 3 rings (SSSR count). The van der Waals surface area contributed by atoms with E-state index in [9.17, 15) is 4.39 Å². The predicted octanol–water partition coefficient (Wildman–Crippen LogP) is 5.12. The van der Waals surface area contributed by atoms with Gasteiger partial charge in [-0.2, -0.15) is 0 Å². The molecule has 138 valence electrons. The number of aromatic nitrogens is 1. The zero-order chi connectivity index (χ0) is 19.2. The summed E-state index contributed by atoms with van der Waals surface area (Å²) in [6.07, 6.45) is 1.63. The molecule has 27 heavy (non-hydrogen) atoms. The van der Waals surface area contributed by atoms with Gasteiger partial charge in [-0.3, -0.25) is 0 Å². The van der Waals surface area contributed by atoms with Crippen molar-refractivity contribution in [2.24, 2.45) is 0 Å². The molecule has 0 bridgehead atoms. The average molecular weight is 381 g/mol. The Labute approximate surface area is 163 Å². The molecule has 4 nitrogen and oxygen atoms in total. The van der Waals surface area contributed by atoms with E-state index >= 15 is 0 Å². The van der Waals surface area contributed by atoms with Gasteiger partial charge >= 0.3 is 0 Å². The molecule has 0 unspecified atom stereocenters. The second-order valence-electron chi connectivity index (χ2n) is 6.15. The fourth-order valence-electron chi connectivity index (χ4n) is 2.59. The molecule has 2 N–H and O–H groups in total. The molecule has 0 saturated carbocycles. The molecule has 0 spiro atoms. The Bertz CT molecular complexity index is 962. The van der Waals surface area contributed by atoms with Crippen LogP contribution in [0, 0.1) is 19.7 Å². The summed E-state index contributed by atoms with van der Waals surface area (Å²) in [7, 11) is 0. The monoisotopic (exact) mass is 381 g/mol. The molecule has 1 heterocycles. The van der Waals surface area contributed by atoms with E-state index in [1.54, 1.807) is 18.3 Å². The van der Waals surface area contributed by atoms with E-state index in [0.29, 0.717) is 23.3 Å². The highest BCUT2D eigenvalue weighted by Gasteiger charge is 2.08. The van der Waals surface area contributed by atoms with Crippen LogP contribution in [0.4, 0.5) is 10.1 Å². The number of halogens is 1. The van der Waals surface area contributed by atoms with Crippen molar-refractivity contribution >= 4 is 23.0 Å². The number of nitrogens with zero attached hydrogens (tertiary/aromatic N) is 1. The standard InChI is InChI=1S/C21H20FN3OS/c1-14-8-9-19(15(2)11-14)25-21(27)24-13-16-5-4-10-23-20(16)26-18-7-3-6-17(22)12-18/h3-12H,13H2,1-2H3,(H2,24,25,27). The molecular formula is C21H20FN3OS. The van der Waals surface area contributed by atoms with Gasteiger partial charge in [0.15, 0.2) is 5.11 Å². The molecule has 0 atom stereocenters. The van der Waals surface area contributed by atoms with Crippen LogP contribution in [0.2, 0.25) is 0 Å². The Morgan fingerprint density at radius 1 is 1.11 bits per heavy atom. The number of pyridine rings is 1. The maximum absolute atomic E-state index is 13.4. The molecule has 0 saturated heterocycles. The minimum absolute atomic E-state index is 0.359. The lowest BCUT2D eigenvalue weighted by Crippen LogP contribution is -2.28. The quantitative estimate of drug-likeness (QED) is 0.601. The van der Waals surface area contributed by atoms with Crippen LogP contribution in [0.1, 0.15) is 16.7 Å². The van der Waals surface area contributed by atoms with Crippen molar-refractivity contribution < 1.29 is 9.13 Å². The topological polar surface area (TPSA) is 46.2 Å². The van der Waals surface area contributed by atoms with E-state index in [-0.39, 0.29) is 5.82 Å². The number of thiocarbonyl (C=S) groups is 1. The van der Waals surface area contributed by atoms with Gasteiger partial charge < -0.3 is 15.4 Å². The van der Waals surface area contributed by atoms with E-state index < -0.39 is 0 Å². The lowest BCUT2D eigenvalue weighted by molar-refractivity contribution is 0.451. The fraction of sp³-hybridized carbons (Fsp3) is 0.143. The first-order valence-corrected chi connectivity index (χ1v) is 8.91. The Morgan fingerprint density at radius 3 is 2.74 bits per heavy atom. The zero-order valence-corrected chi connectivity index (χ0v) is 15.9. The van der Waals surface area contributed by atoms with Crippen LogP contribution in [0.5, 0.6) is 11.6 Å². The summed E-state index contributed by atoms with van der Waals surface area (Å²) >= 11 is 5.38. The normalized spacial score (nSPS) is 10.3. The molecule has 6 heteroatoms. The average Bonchev–Trinajstić information content (AvgIpc) is 2.63. The lowest BCUT2D eigenvalue weighted by Gasteiger charge is -2.14. The molecule has 1 aromatic heterocycles. The molecule has 2 aromatic carbocycles. The van der Waals surface area contributed by atoms with Crippen LogP contribution in [0.15, 0.2) is 60.8 Å². The number of rotatable bonds is 5. The van der Waals surface area contributed by atoms with E-state index in [2.05, 4.69) is 28.6 Å². The van der Waals surface area contributed by atoms with E-state index in [4.69, 9.17) is 17.0 Å². The number of hydrogen-bond acceptors (Lipinski definition) is 3. The van der Waals surface area contributed by atoms with Gasteiger partial charge in [0.25, 0.3) is 0 Å². The highest BCUT2D eigenvalue weighted by molar-refractivity contribution is 7.80. The second kappa shape index (κ2) is 8.60. The summed E-state index contributed by atoms with van der Waals surface area (Å²) in [5.74, 6) is 0.442. The molecule has 0 aliphatic carbocycles. The van der Waals surface area contributed by atoms with Crippen molar-refractivity contribution in [3.8, 4) is 11.6 Å². The van der Waals surface area contributed by atoms with Crippen LogP contribution in [-0.2, 0) is 6.54 Å². The summed E-state index contributed by atoms with van der Waals surface area (Å²) < 4.78 is 19.1. The summed E-state index contributed by atoms with van der Waals surface area (Å²) in [4.78, 5) is 4.24. The first-order valence-electron chi connectivity index (χ1n) is 8.51. The maximum Gasteiger partial charge on any atom is 0.224 e. The number of nitrogens with one attached hydrogen (secondary N) is 2. The molecule has 0 radical (unpaired) electrons. The van der Waals surface area contributed by atoms with Gasteiger partial charge in [-0.1, -0.05) is 29.8 Å². The van der Waals surface area contributed by atoms with Gasteiger partial charge in [0.2, 0.25) is 5.88 Å². The van der Waals surface area contributed by atoms with Crippen LogP contribution in [0.25, 0.3) is 0 Å². The van der Waals surface area contributed by atoms with Gasteiger partial charge in [-0.15, -0.1) is 0 Å². The highest BCUT2D eigenvalue weighted by atomic mass is 32.1. The van der Waals surface area contributed by atoms with Crippen molar-refractivity contribution in [2.75, 3.05) is 5.32 Å². The van der Waals surface area contributed by atoms with Gasteiger partial charge in [0.05, 0.1) is 0 Å². The smallest absolute Gasteiger partial charge is 0.224 e. The highest BCUT2D eigenvalue weighted by Crippen LogP contribution is 2.23. The maximum atomic E-state index is 13.4. The van der Waals surface area contributed by atoms with Gasteiger partial charge in [0.1, 0.15) is 11.6 Å². The van der Waals surface area contributed by atoms with Gasteiger partial charge in [-0.25, -0.2) is 9.37 Å². The minimum atomic E-state index is -0.359. The fourth-order valence-corrected chi connectivity index (χ4v) is 2.77. The molecular weight excluding hydrogens is 361 g/mol. The van der Waals surface area contributed by atoms with Gasteiger partial charge in [-0.05, 0) is 55.9 Å². The van der Waals surface area contributed by atoms with Crippen molar-refractivity contribution in [1.82, 2.24) is 10.3 Å². The van der Waals surface area contributed by atoms with Crippen molar-refractivity contribution in [3.05, 3.63) is 83.3 Å². The van der Waals surface area contributed by atoms with Crippen molar-refractivity contribution in [1.29, 1.82) is 0 Å². The third-order valence-corrected chi connectivity index (χ3v) is 4.18. The van der Waals surface area contributed by atoms with Crippen LogP contribution in [0.3, 0.4) is 0 Å². The third-order valence-electron chi connectivity index (χ3n) is 3.93. The molecule has 0 fully saturated rings. The number of hydrogen-bond donors (Lipinski definition) is 2. The Morgan fingerprint density at radius 2 is 1.96 bits per heavy atom. The summed E-state index contributed by atoms with van der Waals surface area (Å²) in [6, 6.07) is 15.8. The molecule has 3 aromatic rings. The lowest BCUT2D eigenvalue weighted by atomic mass is 10.1. The van der Waals surface area contributed by atoms with Gasteiger partial charge in [0, 0.05) is 30.1 Å². The number of benzene rings is 2. The first-order chi connectivity index (χ1) is 13.0. The Kier molecular flexibility index (Phi) is 5.98. The summed E-state index contributed by atoms with van der Waals surface area (Å²) in [5.41, 5.74) is 4.09. The van der Waals surface area contributed by atoms with E-state index in [1.165, 1.54) is 17.7 Å². The van der Waals surface area contributed by atoms with E-state index in [0.717, 1.165) is 16.8 Å². The van der Waals surface area contributed by atoms with Crippen LogP contribution in [-0.4, -0.2) is 10.1 Å². The zero-order valence-electron chi connectivity index (χ0n) is 15.1. The van der Waals surface area contributed by atoms with E-state index in [1.807, 2.05) is 31.2 Å². The number of ether oxygens (including phenoxy) is 1. The molecule has 0 aliphatic rings. The third kappa shape index (κ3) is 5.24. The van der Waals surface area contributed by atoms with Crippen molar-refractivity contribution in [2.45, 2.75) is 20.4 Å². The molecule has 0 aliphatic heterocycles. The first kappa shape index (κ1) is 18.8. The summed E-state index contributed by atoms with van der Waals surface area (Å²) in [6.45, 7) is 4.51. The second-order valence-corrected chi connectivity index (χ2v) is 6.56. The van der Waals surface area contributed by atoms with Crippen LogP contribution < -0.4 is 15.4 Å². The Balaban J connectivity index is 1.65. The Hall–Kier alpha value is -2.99.